The summed E-state index contributed by atoms with van der Waals surface area (Å²) in [7, 11) is 0. The van der Waals surface area contributed by atoms with E-state index in [9.17, 15) is 0 Å². The second-order valence-corrected chi connectivity index (χ2v) is 5.95. The van der Waals surface area contributed by atoms with Gasteiger partial charge in [-0.3, -0.25) is 4.98 Å². The summed E-state index contributed by atoms with van der Waals surface area (Å²) in [6.45, 7) is 4.15. The van der Waals surface area contributed by atoms with E-state index in [4.69, 9.17) is 0 Å². The number of thiazole rings is 1. The summed E-state index contributed by atoms with van der Waals surface area (Å²) in [5.41, 5.74) is 1.07. The molecule has 0 atom stereocenters. The predicted molar refractivity (Wildman–Crippen MR) is 77.0 cm³/mol. The van der Waals surface area contributed by atoms with Crippen molar-refractivity contribution in [2.45, 2.75) is 25.7 Å². The summed E-state index contributed by atoms with van der Waals surface area (Å²) >= 11 is 1.64. The van der Waals surface area contributed by atoms with Crippen LogP contribution in [0.3, 0.4) is 0 Å². The molecule has 1 aliphatic heterocycles. The van der Waals surface area contributed by atoms with Crippen LogP contribution < -0.4 is 10.6 Å². The standard InChI is InChI=1S/C13H17N5S/c1-9-8-17-13(19-9)18-12-11(15-6-7-16-12)10-2-4-14-5-3-10/h6-8,10,14H,2-5H2,1H3,(H,16,17,18). The summed E-state index contributed by atoms with van der Waals surface area (Å²) in [4.78, 5) is 14.5. The Kier molecular flexibility index (Phi) is 3.70. The minimum absolute atomic E-state index is 0.485. The molecular formula is C13H17N5S. The monoisotopic (exact) mass is 275 g/mol. The number of rotatable bonds is 3. The van der Waals surface area contributed by atoms with Crippen molar-refractivity contribution in [1.82, 2.24) is 20.3 Å². The van der Waals surface area contributed by atoms with Crippen LogP contribution in [-0.4, -0.2) is 28.0 Å². The zero-order chi connectivity index (χ0) is 13.1. The molecule has 1 saturated heterocycles. The van der Waals surface area contributed by atoms with Crippen LogP contribution in [0, 0.1) is 6.92 Å². The third-order valence-electron chi connectivity index (χ3n) is 3.30. The Hall–Kier alpha value is -1.53. The van der Waals surface area contributed by atoms with E-state index in [1.165, 1.54) is 4.88 Å². The molecular weight excluding hydrogens is 258 g/mol. The van der Waals surface area contributed by atoms with Crippen molar-refractivity contribution in [3.8, 4) is 0 Å². The Morgan fingerprint density at radius 3 is 2.74 bits per heavy atom. The van der Waals surface area contributed by atoms with Gasteiger partial charge in [0.15, 0.2) is 10.9 Å². The molecule has 1 fully saturated rings. The molecule has 0 unspecified atom stereocenters. The Morgan fingerprint density at radius 2 is 2.00 bits per heavy atom. The molecule has 0 amide bonds. The molecule has 0 aliphatic carbocycles. The van der Waals surface area contributed by atoms with Gasteiger partial charge in [0, 0.05) is 29.4 Å². The molecule has 0 radical (unpaired) electrons. The number of hydrogen-bond donors (Lipinski definition) is 2. The Balaban J connectivity index is 1.84. The number of nitrogens with zero attached hydrogens (tertiary/aromatic N) is 3. The highest BCUT2D eigenvalue weighted by molar-refractivity contribution is 7.15. The second kappa shape index (κ2) is 5.63. The van der Waals surface area contributed by atoms with Crippen molar-refractivity contribution in [3.63, 3.8) is 0 Å². The molecule has 6 heteroatoms. The summed E-state index contributed by atoms with van der Waals surface area (Å²) in [5, 5.41) is 7.56. The van der Waals surface area contributed by atoms with Crippen LogP contribution in [0.25, 0.3) is 0 Å². The average molecular weight is 275 g/mol. The van der Waals surface area contributed by atoms with Crippen molar-refractivity contribution < 1.29 is 0 Å². The summed E-state index contributed by atoms with van der Waals surface area (Å²) in [5.74, 6) is 1.34. The number of piperidine rings is 1. The summed E-state index contributed by atoms with van der Waals surface area (Å²) in [6, 6.07) is 0. The van der Waals surface area contributed by atoms with E-state index in [1.54, 1.807) is 23.7 Å². The van der Waals surface area contributed by atoms with Gasteiger partial charge in [-0.25, -0.2) is 9.97 Å². The van der Waals surface area contributed by atoms with E-state index < -0.39 is 0 Å². The van der Waals surface area contributed by atoms with E-state index in [1.807, 2.05) is 13.1 Å². The van der Waals surface area contributed by atoms with Crippen LogP contribution in [0.5, 0.6) is 0 Å². The summed E-state index contributed by atoms with van der Waals surface area (Å²) in [6.07, 6.45) is 7.60. The van der Waals surface area contributed by atoms with Crippen LogP contribution in [0.4, 0.5) is 10.9 Å². The predicted octanol–water partition coefficient (Wildman–Crippen LogP) is 2.45. The minimum atomic E-state index is 0.485. The molecule has 3 rings (SSSR count). The van der Waals surface area contributed by atoms with Crippen molar-refractivity contribution in [2.75, 3.05) is 18.4 Å². The number of hydrogen-bond acceptors (Lipinski definition) is 6. The fraction of sp³-hybridized carbons (Fsp3) is 0.462. The topological polar surface area (TPSA) is 62.7 Å². The molecule has 1 aliphatic rings. The first kappa shape index (κ1) is 12.5. The molecule has 0 saturated carbocycles. The molecule has 0 aromatic carbocycles. The summed E-state index contributed by atoms with van der Waals surface area (Å²) < 4.78 is 0. The maximum absolute atomic E-state index is 4.53. The van der Waals surface area contributed by atoms with Gasteiger partial charge >= 0.3 is 0 Å². The largest absolute Gasteiger partial charge is 0.317 e. The molecule has 0 spiro atoms. The fourth-order valence-corrected chi connectivity index (χ4v) is 3.02. The van der Waals surface area contributed by atoms with Gasteiger partial charge < -0.3 is 10.6 Å². The van der Waals surface area contributed by atoms with Gasteiger partial charge in [0.2, 0.25) is 0 Å². The van der Waals surface area contributed by atoms with Crippen molar-refractivity contribution in [3.05, 3.63) is 29.2 Å². The van der Waals surface area contributed by atoms with E-state index >= 15 is 0 Å². The highest BCUT2D eigenvalue weighted by atomic mass is 32.1. The zero-order valence-electron chi connectivity index (χ0n) is 10.9. The first-order valence-electron chi connectivity index (χ1n) is 6.54. The molecule has 2 aromatic heterocycles. The number of aromatic nitrogens is 3. The first-order chi connectivity index (χ1) is 9.33. The Morgan fingerprint density at radius 1 is 1.21 bits per heavy atom. The molecule has 19 heavy (non-hydrogen) atoms. The molecule has 0 bridgehead atoms. The Bertz CT molecular complexity index is 547. The smallest absolute Gasteiger partial charge is 0.188 e. The van der Waals surface area contributed by atoms with Gasteiger partial charge in [-0.2, -0.15) is 0 Å². The third-order valence-corrected chi connectivity index (χ3v) is 4.13. The van der Waals surface area contributed by atoms with Gasteiger partial charge in [-0.1, -0.05) is 0 Å². The molecule has 5 nitrogen and oxygen atoms in total. The highest BCUT2D eigenvalue weighted by Gasteiger charge is 2.20. The highest BCUT2D eigenvalue weighted by Crippen LogP contribution is 2.30. The van der Waals surface area contributed by atoms with Crippen molar-refractivity contribution in [1.29, 1.82) is 0 Å². The van der Waals surface area contributed by atoms with Crippen LogP contribution >= 0.6 is 11.3 Å². The van der Waals surface area contributed by atoms with Gasteiger partial charge in [0.25, 0.3) is 0 Å². The maximum Gasteiger partial charge on any atom is 0.188 e. The SMILES string of the molecule is Cc1cnc(Nc2nccnc2C2CCNCC2)s1. The van der Waals surface area contributed by atoms with Gasteiger partial charge in [-0.15, -0.1) is 11.3 Å². The van der Waals surface area contributed by atoms with Gasteiger partial charge in [0.05, 0.1) is 5.69 Å². The quantitative estimate of drug-likeness (QED) is 0.901. The van der Waals surface area contributed by atoms with E-state index in [0.717, 1.165) is 42.6 Å². The van der Waals surface area contributed by atoms with Crippen LogP contribution in [0.15, 0.2) is 18.6 Å². The van der Waals surface area contributed by atoms with Crippen molar-refractivity contribution in [2.24, 2.45) is 0 Å². The molecule has 3 heterocycles. The fourth-order valence-electron chi connectivity index (χ4n) is 2.35. The molecule has 2 aromatic rings. The Labute approximate surface area is 116 Å². The number of anilines is 2. The average Bonchev–Trinajstić information content (AvgIpc) is 2.86. The first-order valence-corrected chi connectivity index (χ1v) is 7.35. The third kappa shape index (κ3) is 2.90. The van der Waals surface area contributed by atoms with Gasteiger partial charge in [-0.05, 0) is 32.9 Å². The van der Waals surface area contributed by atoms with E-state index in [-0.39, 0.29) is 0 Å². The van der Waals surface area contributed by atoms with Crippen LogP contribution in [0.2, 0.25) is 0 Å². The van der Waals surface area contributed by atoms with E-state index in [2.05, 4.69) is 25.6 Å². The number of nitrogens with one attached hydrogen (secondary N) is 2. The lowest BCUT2D eigenvalue weighted by Gasteiger charge is -2.23. The lowest BCUT2D eigenvalue weighted by atomic mass is 9.94. The normalized spacial score (nSPS) is 16.5. The van der Waals surface area contributed by atoms with Gasteiger partial charge in [0.1, 0.15) is 0 Å². The lowest BCUT2D eigenvalue weighted by molar-refractivity contribution is 0.453. The lowest BCUT2D eigenvalue weighted by Crippen LogP contribution is -2.27. The minimum Gasteiger partial charge on any atom is -0.317 e. The van der Waals surface area contributed by atoms with Crippen LogP contribution in [-0.2, 0) is 0 Å². The zero-order valence-corrected chi connectivity index (χ0v) is 11.7. The number of aryl methyl sites for hydroxylation is 1. The van der Waals surface area contributed by atoms with E-state index in [0.29, 0.717) is 5.92 Å². The second-order valence-electron chi connectivity index (χ2n) is 4.72. The van der Waals surface area contributed by atoms with Crippen molar-refractivity contribution >= 4 is 22.3 Å². The molecule has 2 N–H and O–H groups in total. The maximum atomic E-state index is 4.53. The molecule has 100 valence electrons. The van der Waals surface area contributed by atoms with Crippen LogP contribution in [0.1, 0.15) is 29.3 Å².